The maximum absolute atomic E-state index is 5.35. The van der Waals surface area contributed by atoms with E-state index in [1.165, 1.54) is 0 Å². The van der Waals surface area contributed by atoms with Crippen molar-refractivity contribution in [3.8, 4) is 0 Å². The van der Waals surface area contributed by atoms with Crippen LogP contribution in [-0.4, -0.2) is 25.8 Å². The van der Waals surface area contributed by atoms with Crippen LogP contribution in [0.15, 0.2) is 11.6 Å². The molecule has 12 heavy (non-hydrogen) atoms. The predicted molar refractivity (Wildman–Crippen MR) is 48.4 cm³/mol. The number of hydrogen-bond donors (Lipinski definition) is 0. The molecule has 0 N–H and O–H groups in total. The molecule has 68 valence electrons. The van der Waals surface area contributed by atoms with Crippen LogP contribution in [0.5, 0.6) is 0 Å². The van der Waals surface area contributed by atoms with Crippen molar-refractivity contribution in [3.63, 3.8) is 0 Å². The molecule has 0 aliphatic carbocycles. The summed E-state index contributed by atoms with van der Waals surface area (Å²) >= 11 is 1.58. The Balaban J connectivity index is 2.80. The Morgan fingerprint density at radius 1 is 1.58 bits per heavy atom. The number of rotatable bonds is 4. The summed E-state index contributed by atoms with van der Waals surface area (Å²) in [6, 6.07) is 0. The minimum Gasteiger partial charge on any atom is -0.381 e. The van der Waals surface area contributed by atoms with Crippen LogP contribution in [0.25, 0.3) is 0 Å². The van der Waals surface area contributed by atoms with Gasteiger partial charge in [-0.25, -0.2) is 4.98 Å². The minimum absolute atomic E-state index is 0.400. The van der Waals surface area contributed by atoms with Gasteiger partial charge < -0.3 is 9.47 Å². The first-order valence-electron chi connectivity index (χ1n) is 3.67. The highest BCUT2D eigenvalue weighted by Gasteiger charge is 2.28. The van der Waals surface area contributed by atoms with Crippen molar-refractivity contribution in [2.24, 2.45) is 0 Å². The average Bonchev–Trinajstić information content (AvgIpc) is 2.57. The molecule has 1 aromatic heterocycles. The van der Waals surface area contributed by atoms with Gasteiger partial charge in [0.15, 0.2) is 0 Å². The Labute approximate surface area is 76.3 Å². The van der Waals surface area contributed by atoms with Gasteiger partial charge in [0.25, 0.3) is 0 Å². The van der Waals surface area contributed by atoms with Crippen molar-refractivity contribution in [1.29, 1.82) is 0 Å². The number of aromatic nitrogens is 1. The molecule has 1 atom stereocenters. The standard InChI is InChI=1S/C8H13NO2S/c1-8(11-3,6-10-2)7-9-4-5-12-7/h4-5H,6H2,1-3H3. The van der Waals surface area contributed by atoms with Gasteiger partial charge in [-0.1, -0.05) is 0 Å². The van der Waals surface area contributed by atoms with Crippen LogP contribution in [0.2, 0.25) is 0 Å². The first-order valence-corrected chi connectivity index (χ1v) is 4.55. The summed E-state index contributed by atoms with van der Waals surface area (Å²) in [4.78, 5) is 4.19. The van der Waals surface area contributed by atoms with E-state index in [0.29, 0.717) is 6.61 Å². The topological polar surface area (TPSA) is 31.4 Å². The molecular formula is C8H13NO2S. The summed E-state index contributed by atoms with van der Waals surface area (Å²) in [5.74, 6) is 0. The molecule has 0 aliphatic heterocycles. The van der Waals surface area contributed by atoms with E-state index in [2.05, 4.69) is 4.98 Å². The summed E-state index contributed by atoms with van der Waals surface area (Å²) in [6.07, 6.45) is 1.77. The van der Waals surface area contributed by atoms with Crippen molar-refractivity contribution in [1.82, 2.24) is 4.98 Å². The molecule has 0 saturated carbocycles. The fourth-order valence-electron chi connectivity index (χ4n) is 0.968. The quantitative estimate of drug-likeness (QED) is 0.718. The van der Waals surface area contributed by atoms with E-state index in [9.17, 15) is 0 Å². The van der Waals surface area contributed by atoms with E-state index in [-0.39, 0.29) is 0 Å². The molecule has 1 aromatic rings. The number of thiazole rings is 1. The lowest BCUT2D eigenvalue weighted by Gasteiger charge is -2.24. The molecule has 0 bridgehead atoms. The minimum atomic E-state index is -0.400. The Hall–Kier alpha value is -0.450. The van der Waals surface area contributed by atoms with Gasteiger partial charge in [0.05, 0.1) is 6.61 Å². The van der Waals surface area contributed by atoms with Gasteiger partial charge in [-0.05, 0) is 6.92 Å². The first-order chi connectivity index (χ1) is 5.73. The average molecular weight is 187 g/mol. The highest BCUT2D eigenvalue weighted by atomic mass is 32.1. The molecule has 0 spiro atoms. The molecule has 3 nitrogen and oxygen atoms in total. The Kier molecular flexibility index (Phi) is 3.20. The summed E-state index contributed by atoms with van der Waals surface area (Å²) in [6.45, 7) is 2.49. The predicted octanol–water partition coefficient (Wildman–Crippen LogP) is 1.65. The van der Waals surface area contributed by atoms with Gasteiger partial charge in [-0.15, -0.1) is 11.3 Å². The zero-order valence-electron chi connectivity index (χ0n) is 7.53. The van der Waals surface area contributed by atoms with Crippen LogP contribution in [-0.2, 0) is 15.1 Å². The normalized spacial score (nSPS) is 15.9. The van der Waals surface area contributed by atoms with E-state index in [1.54, 1.807) is 31.8 Å². The smallest absolute Gasteiger partial charge is 0.139 e. The maximum atomic E-state index is 5.35. The van der Waals surface area contributed by atoms with Gasteiger partial charge >= 0.3 is 0 Å². The van der Waals surface area contributed by atoms with Crippen molar-refractivity contribution >= 4 is 11.3 Å². The molecule has 0 aromatic carbocycles. The second-order valence-electron chi connectivity index (χ2n) is 2.71. The van der Waals surface area contributed by atoms with Gasteiger partial charge in [-0.3, -0.25) is 0 Å². The monoisotopic (exact) mass is 187 g/mol. The van der Waals surface area contributed by atoms with E-state index in [1.807, 2.05) is 12.3 Å². The SMILES string of the molecule is COCC(C)(OC)c1nccs1. The van der Waals surface area contributed by atoms with Crippen LogP contribution >= 0.6 is 11.3 Å². The molecule has 0 amide bonds. The number of hydrogen-bond acceptors (Lipinski definition) is 4. The summed E-state index contributed by atoms with van der Waals surface area (Å²) < 4.78 is 10.4. The fourth-order valence-corrected chi connectivity index (χ4v) is 1.73. The second-order valence-corrected chi connectivity index (χ2v) is 3.60. The van der Waals surface area contributed by atoms with E-state index in [0.717, 1.165) is 5.01 Å². The largest absolute Gasteiger partial charge is 0.381 e. The lowest BCUT2D eigenvalue weighted by atomic mass is 10.1. The second kappa shape index (κ2) is 3.98. The first kappa shape index (κ1) is 9.64. The van der Waals surface area contributed by atoms with E-state index < -0.39 is 5.60 Å². The van der Waals surface area contributed by atoms with Crippen molar-refractivity contribution in [2.45, 2.75) is 12.5 Å². The lowest BCUT2D eigenvalue weighted by Crippen LogP contribution is -2.29. The lowest BCUT2D eigenvalue weighted by molar-refractivity contribution is -0.0556. The Morgan fingerprint density at radius 2 is 2.33 bits per heavy atom. The number of methoxy groups -OCH3 is 2. The Morgan fingerprint density at radius 3 is 2.75 bits per heavy atom. The van der Waals surface area contributed by atoms with Crippen LogP contribution in [0.4, 0.5) is 0 Å². The summed E-state index contributed by atoms with van der Waals surface area (Å²) in [5.41, 5.74) is -0.400. The van der Waals surface area contributed by atoms with Crippen LogP contribution in [0, 0.1) is 0 Å². The zero-order chi connectivity index (χ0) is 9.03. The van der Waals surface area contributed by atoms with Gasteiger partial charge in [0.1, 0.15) is 10.6 Å². The third-order valence-electron chi connectivity index (χ3n) is 1.76. The Bertz CT molecular complexity index is 225. The molecule has 4 heteroatoms. The van der Waals surface area contributed by atoms with Crippen molar-refractivity contribution in [3.05, 3.63) is 16.6 Å². The van der Waals surface area contributed by atoms with Gasteiger partial charge in [0.2, 0.25) is 0 Å². The number of nitrogens with zero attached hydrogens (tertiary/aromatic N) is 1. The molecule has 1 heterocycles. The zero-order valence-corrected chi connectivity index (χ0v) is 8.35. The van der Waals surface area contributed by atoms with E-state index in [4.69, 9.17) is 9.47 Å². The highest BCUT2D eigenvalue weighted by molar-refractivity contribution is 7.09. The molecule has 0 radical (unpaired) electrons. The van der Waals surface area contributed by atoms with Crippen molar-refractivity contribution in [2.75, 3.05) is 20.8 Å². The van der Waals surface area contributed by atoms with E-state index >= 15 is 0 Å². The van der Waals surface area contributed by atoms with Crippen molar-refractivity contribution < 1.29 is 9.47 Å². The molecule has 0 fully saturated rings. The third kappa shape index (κ3) is 1.83. The summed E-state index contributed by atoms with van der Waals surface area (Å²) in [7, 11) is 3.32. The molecule has 1 unspecified atom stereocenters. The molecule has 0 aliphatic rings. The highest BCUT2D eigenvalue weighted by Crippen LogP contribution is 2.26. The number of ether oxygens (including phenoxy) is 2. The summed E-state index contributed by atoms with van der Waals surface area (Å²) in [5, 5.41) is 2.88. The molecule has 0 saturated heterocycles. The third-order valence-corrected chi connectivity index (χ3v) is 2.77. The molecular weight excluding hydrogens is 174 g/mol. The van der Waals surface area contributed by atoms with Gasteiger partial charge in [0, 0.05) is 25.8 Å². The van der Waals surface area contributed by atoms with Crippen LogP contribution in [0.1, 0.15) is 11.9 Å². The molecule has 1 rings (SSSR count). The van der Waals surface area contributed by atoms with Crippen LogP contribution in [0.3, 0.4) is 0 Å². The fraction of sp³-hybridized carbons (Fsp3) is 0.625. The van der Waals surface area contributed by atoms with Gasteiger partial charge in [-0.2, -0.15) is 0 Å². The van der Waals surface area contributed by atoms with Crippen LogP contribution < -0.4 is 0 Å². The maximum Gasteiger partial charge on any atom is 0.139 e.